The second-order valence-corrected chi connectivity index (χ2v) is 3.47. The second kappa shape index (κ2) is 3.83. The van der Waals surface area contributed by atoms with Crippen LogP contribution in [0.5, 0.6) is 5.88 Å². The molecule has 1 aromatic heterocycles. The van der Waals surface area contributed by atoms with Crippen molar-refractivity contribution in [2.24, 2.45) is 0 Å². The zero-order chi connectivity index (χ0) is 9.10. The zero-order valence-corrected chi connectivity index (χ0v) is 8.05. The van der Waals surface area contributed by atoms with Crippen LogP contribution in [0, 0.1) is 0 Å². The summed E-state index contributed by atoms with van der Waals surface area (Å²) in [4.78, 5) is 0. The van der Waals surface area contributed by atoms with Crippen LogP contribution in [0.3, 0.4) is 0 Å². The molecule has 0 unspecified atom stereocenters. The molecule has 13 heavy (non-hydrogen) atoms. The van der Waals surface area contributed by atoms with E-state index in [4.69, 9.17) is 4.74 Å². The highest BCUT2D eigenvalue weighted by Gasteiger charge is 2.09. The third-order valence-corrected chi connectivity index (χ3v) is 2.34. The molecular weight excluding hydrogens is 164 g/mol. The topological polar surface area (TPSA) is 26.2 Å². The minimum atomic E-state index is 0.864. The molecule has 3 heteroatoms. The summed E-state index contributed by atoms with van der Waals surface area (Å²) in [6.07, 6.45) is 4.57. The number of ether oxygens (including phenoxy) is 1. The summed E-state index contributed by atoms with van der Waals surface area (Å²) in [6.45, 7) is 2.88. The molecule has 72 valence electrons. The van der Waals surface area contributed by atoms with Crippen molar-refractivity contribution in [2.45, 2.75) is 25.9 Å². The van der Waals surface area contributed by atoms with Gasteiger partial charge in [-0.15, -0.1) is 0 Å². The first-order valence-corrected chi connectivity index (χ1v) is 4.86. The number of hydrogen-bond donors (Lipinski definition) is 1. The molecule has 0 saturated heterocycles. The molecule has 0 amide bonds. The Morgan fingerprint density at radius 1 is 1.54 bits per heavy atom. The predicted octanol–water partition coefficient (Wildman–Crippen LogP) is 1.38. The molecule has 1 aliphatic heterocycles. The lowest BCUT2D eigenvalue weighted by Crippen LogP contribution is -2.04. The van der Waals surface area contributed by atoms with E-state index in [0.717, 1.165) is 25.6 Å². The molecule has 3 nitrogen and oxygen atoms in total. The smallest absolute Gasteiger partial charge is 0.193 e. The van der Waals surface area contributed by atoms with Crippen LogP contribution >= 0.6 is 0 Å². The van der Waals surface area contributed by atoms with Gasteiger partial charge in [0.25, 0.3) is 0 Å². The van der Waals surface area contributed by atoms with Gasteiger partial charge in [0.1, 0.15) is 0 Å². The minimum Gasteiger partial charge on any atom is -0.479 e. The van der Waals surface area contributed by atoms with Crippen LogP contribution in [0.1, 0.15) is 18.4 Å². The monoisotopic (exact) mass is 180 g/mol. The number of aryl methyl sites for hydroxylation is 1. The number of hydrogen-bond acceptors (Lipinski definition) is 2. The van der Waals surface area contributed by atoms with Gasteiger partial charge in [-0.25, -0.2) is 0 Å². The Kier molecular flexibility index (Phi) is 2.54. The number of rotatable bonds is 2. The highest BCUT2D eigenvalue weighted by atomic mass is 16.5. The summed E-state index contributed by atoms with van der Waals surface area (Å²) < 4.78 is 7.82. The van der Waals surface area contributed by atoms with E-state index in [-0.39, 0.29) is 0 Å². The maximum atomic E-state index is 5.61. The first kappa shape index (κ1) is 8.63. The molecule has 0 bridgehead atoms. The normalized spacial score (nSPS) is 16.1. The average molecular weight is 180 g/mol. The van der Waals surface area contributed by atoms with Crippen LogP contribution in [0.4, 0.5) is 0 Å². The first-order valence-electron chi connectivity index (χ1n) is 4.86. The van der Waals surface area contributed by atoms with E-state index in [2.05, 4.69) is 22.1 Å². The number of nitrogens with one attached hydrogen (secondary N) is 1. The lowest BCUT2D eigenvalue weighted by atomic mass is 10.3. The molecule has 0 radical (unpaired) electrons. The van der Waals surface area contributed by atoms with E-state index in [1.165, 1.54) is 18.4 Å². The van der Waals surface area contributed by atoms with E-state index in [0.29, 0.717) is 0 Å². The molecule has 1 aromatic rings. The third-order valence-electron chi connectivity index (χ3n) is 2.34. The van der Waals surface area contributed by atoms with Crippen molar-refractivity contribution in [3.8, 4) is 5.88 Å². The van der Waals surface area contributed by atoms with Crippen LogP contribution in [0.25, 0.3) is 0 Å². The first-order chi connectivity index (χ1) is 6.40. The van der Waals surface area contributed by atoms with E-state index < -0.39 is 0 Å². The average Bonchev–Trinajstić information content (AvgIpc) is 2.37. The van der Waals surface area contributed by atoms with Crippen molar-refractivity contribution in [1.29, 1.82) is 0 Å². The number of nitrogens with zero attached hydrogens (tertiary/aromatic N) is 1. The molecule has 0 aromatic carbocycles. The van der Waals surface area contributed by atoms with Gasteiger partial charge in [-0.1, -0.05) is 0 Å². The molecule has 1 N–H and O–H groups in total. The van der Waals surface area contributed by atoms with Crippen LogP contribution < -0.4 is 10.1 Å². The van der Waals surface area contributed by atoms with E-state index in [1.807, 2.05) is 7.05 Å². The molecule has 0 saturated carbocycles. The molecule has 2 rings (SSSR count). The molecule has 1 aliphatic rings. The summed E-state index contributed by atoms with van der Waals surface area (Å²) >= 11 is 0. The molecular formula is C10H16N2O. The summed E-state index contributed by atoms with van der Waals surface area (Å²) in [6, 6.07) is 2.13. The van der Waals surface area contributed by atoms with Gasteiger partial charge in [0.2, 0.25) is 0 Å². The molecule has 0 spiro atoms. The van der Waals surface area contributed by atoms with Crippen molar-refractivity contribution < 1.29 is 4.74 Å². The Labute approximate surface area is 78.7 Å². The predicted molar refractivity (Wildman–Crippen MR) is 51.9 cm³/mol. The van der Waals surface area contributed by atoms with Crippen molar-refractivity contribution >= 4 is 0 Å². The summed E-state index contributed by atoms with van der Waals surface area (Å²) in [5, 5.41) is 3.14. The van der Waals surface area contributed by atoms with Crippen molar-refractivity contribution in [1.82, 2.24) is 9.88 Å². The Morgan fingerprint density at radius 3 is 3.31 bits per heavy atom. The van der Waals surface area contributed by atoms with E-state index in [9.17, 15) is 0 Å². The Morgan fingerprint density at radius 2 is 2.46 bits per heavy atom. The molecule has 0 fully saturated rings. The van der Waals surface area contributed by atoms with Crippen molar-refractivity contribution in [3.05, 3.63) is 17.8 Å². The standard InChI is InChI=1S/C10H16N2O/c1-11-7-9-6-10-12(8-9)4-2-3-5-13-10/h6,8,11H,2-5,7H2,1H3. The molecule has 0 aliphatic carbocycles. The fourth-order valence-corrected chi connectivity index (χ4v) is 1.70. The SMILES string of the molecule is CNCc1cc2n(c1)CCCCO2. The van der Waals surface area contributed by atoms with Gasteiger partial charge < -0.3 is 14.6 Å². The lowest BCUT2D eigenvalue weighted by Gasteiger charge is -2.02. The third kappa shape index (κ3) is 1.86. The van der Waals surface area contributed by atoms with Gasteiger partial charge in [-0.2, -0.15) is 0 Å². The maximum absolute atomic E-state index is 5.61. The Balaban J connectivity index is 2.17. The van der Waals surface area contributed by atoms with Crippen LogP contribution in [-0.4, -0.2) is 18.2 Å². The van der Waals surface area contributed by atoms with Crippen molar-refractivity contribution in [3.63, 3.8) is 0 Å². The van der Waals surface area contributed by atoms with Gasteiger partial charge in [-0.3, -0.25) is 0 Å². The highest BCUT2D eigenvalue weighted by Crippen LogP contribution is 2.20. The van der Waals surface area contributed by atoms with Crippen LogP contribution in [0.15, 0.2) is 12.3 Å². The lowest BCUT2D eigenvalue weighted by molar-refractivity contribution is 0.306. The quantitative estimate of drug-likeness (QED) is 0.744. The minimum absolute atomic E-state index is 0.864. The number of fused-ring (bicyclic) bond motifs is 1. The van der Waals surface area contributed by atoms with Gasteiger partial charge in [-0.05, 0) is 25.5 Å². The largest absolute Gasteiger partial charge is 0.479 e. The second-order valence-electron chi connectivity index (χ2n) is 3.47. The van der Waals surface area contributed by atoms with Crippen molar-refractivity contribution in [2.75, 3.05) is 13.7 Å². The molecule has 0 atom stereocenters. The Hall–Kier alpha value is -0.960. The Bertz CT molecular complexity index is 257. The van der Waals surface area contributed by atoms with Gasteiger partial charge in [0, 0.05) is 25.4 Å². The van der Waals surface area contributed by atoms with Crippen LogP contribution in [-0.2, 0) is 13.1 Å². The van der Waals surface area contributed by atoms with Gasteiger partial charge >= 0.3 is 0 Å². The van der Waals surface area contributed by atoms with Gasteiger partial charge in [0.05, 0.1) is 6.61 Å². The molecule has 2 heterocycles. The fourth-order valence-electron chi connectivity index (χ4n) is 1.70. The van der Waals surface area contributed by atoms with Gasteiger partial charge in [0.15, 0.2) is 5.88 Å². The highest BCUT2D eigenvalue weighted by molar-refractivity contribution is 5.24. The summed E-state index contributed by atoms with van der Waals surface area (Å²) in [5.74, 6) is 1.03. The summed E-state index contributed by atoms with van der Waals surface area (Å²) in [5.41, 5.74) is 1.31. The zero-order valence-electron chi connectivity index (χ0n) is 8.05. The van der Waals surface area contributed by atoms with E-state index >= 15 is 0 Å². The maximum Gasteiger partial charge on any atom is 0.193 e. The van der Waals surface area contributed by atoms with E-state index in [1.54, 1.807) is 0 Å². The number of aromatic nitrogens is 1. The summed E-state index contributed by atoms with van der Waals surface area (Å²) in [7, 11) is 1.96. The fraction of sp³-hybridized carbons (Fsp3) is 0.600. The van der Waals surface area contributed by atoms with Crippen LogP contribution in [0.2, 0.25) is 0 Å².